The standard InChI is InChI=1S/C15H9Cl2NO3S/c1-21-15(20)11-7-18(9-4-2-8(16)3-5-9)14-10(13(11)19)6-12(17)22-14/h2-7H,1H3. The number of esters is 1. The lowest BCUT2D eigenvalue weighted by Gasteiger charge is -2.10. The zero-order valence-corrected chi connectivity index (χ0v) is 13.6. The van der Waals surface area contributed by atoms with Gasteiger partial charge in [-0.05, 0) is 30.3 Å². The van der Waals surface area contributed by atoms with Crippen molar-refractivity contribution in [1.29, 1.82) is 0 Å². The largest absolute Gasteiger partial charge is 0.465 e. The number of ether oxygens (including phenoxy) is 1. The fourth-order valence-electron chi connectivity index (χ4n) is 2.13. The minimum Gasteiger partial charge on any atom is -0.465 e. The highest BCUT2D eigenvalue weighted by Crippen LogP contribution is 2.30. The molecule has 0 saturated heterocycles. The second-order valence-corrected chi connectivity index (χ2v) is 6.58. The van der Waals surface area contributed by atoms with Gasteiger partial charge in [0.15, 0.2) is 0 Å². The van der Waals surface area contributed by atoms with E-state index < -0.39 is 11.4 Å². The third kappa shape index (κ3) is 2.52. The van der Waals surface area contributed by atoms with Gasteiger partial charge in [-0.2, -0.15) is 0 Å². The van der Waals surface area contributed by atoms with Crippen molar-refractivity contribution in [1.82, 2.24) is 4.57 Å². The molecule has 112 valence electrons. The van der Waals surface area contributed by atoms with E-state index in [1.807, 2.05) is 0 Å². The van der Waals surface area contributed by atoms with Gasteiger partial charge >= 0.3 is 5.97 Å². The molecule has 0 saturated carbocycles. The van der Waals surface area contributed by atoms with Gasteiger partial charge < -0.3 is 9.30 Å². The van der Waals surface area contributed by atoms with E-state index in [4.69, 9.17) is 23.2 Å². The van der Waals surface area contributed by atoms with E-state index in [0.717, 1.165) is 5.69 Å². The molecule has 3 rings (SSSR count). The summed E-state index contributed by atoms with van der Waals surface area (Å²) in [4.78, 5) is 24.9. The van der Waals surface area contributed by atoms with Gasteiger partial charge in [0, 0.05) is 16.9 Å². The third-order valence-corrected chi connectivity index (χ3v) is 4.67. The van der Waals surface area contributed by atoms with Crippen molar-refractivity contribution in [3.63, 3.8) is 0 Å². The number of nitrogens with zero attached hydrogens (tertiary/aromatic N) is 1. The quantitative estimate of drug-likeness (QED) is 0.650. The van der Waals surface area contributed by atoms with E-state index in [2.05, 4.69) is 4.74 Å². The number of carbonyl (C=O) groups excluding carboxylic acids is 1. The highest BCUT2D eigenvalue weighted by atomic mass is 35.5. The number of halogens is 2. The molecule has 0 aliphatic carbocycles. The van der Waals surface area contributed by atoms with Crippen LogP contribution >= 0.6 is 34.5 Å². The summed E-state index contributed by atoms with van der Waals surface area (Å²) in [7, 11) is 1.24. The molecule has 1 aromatic carbocycles. The van der Waals surface area contributed by atoms with Gasteiger partial charge in [-0.3, -0.25) is 4.79 Å². The summed E-state index contributed by atoms with van der Waals surface area (Å²) >= 11 is 13.2. The SMILES string of the molecule is COC(=O)c1cn(-c2ccc(Cl)cc2)c2sc(Cl)cc2c1=O. The Balaban J connectivity index is 2.37. The smallest absolute Gasteiger partial charge is 0.343 e. The topological polar surface area (TPSA) is 48.3 Å². The second-order valence-electron chi connectivity index (χ2n) is 4.48. The van der Waals surface area contributed by atoms with Crippen molar-refractivity contribution in [2.75, 3.05) is 7.11 Å². The first-order chi connectivity index (χ1) is 10.5. The molecule has 3 aromatic rings. The summed E-state index contributed by atoms with van der Waals surface area (Å²) in [5, 5.41) is 0.978. The van der Waals surface area contributed by atoms with Crippen molar-refractivity contribution >= 4 is 50.7 Å². The first-order valence-corrected chi connectivity index (χ1v) is 7.77. The van der Waals surface area contributed by atoms with Gasteiger partial charge in [0.25, 0.3) is 0 Å². The Labute approximate surface area is 139 Å². The van der Waals surface area contributed by atoms with Crippen LogP contribution in [0.2, 0.25) is 9.36 Å². The van der Waals surface area contributed by atoms with Crippen LogP contribution in [0.3, 0.4) is 0 Å². The van der Waals surface area contributed by atoms with Gasteiger partial charge in [-0.1, -0.05) is 23.2 Å². The van der Waals surface area contributed by atoms with E-state index in [1.54, 1.807) is 34.9 Å². The summed E-state index contributed by atoms with van der Waals surface area (Å²) in [6.45, 7) is 0. The first-order valence-electron chi connectivity index (χ1n) is 6.20. The average Bonchev–Trinajstić information content (AvgIpc) is 2.90. The lowest BCUT2D eigenvalue weighted by atomic mass is 10.2. The van der Waals surface area contributed by atoms with Crippen LogP contribution in [0.1, 0.15) is 10.4 Å². The number of hydrogen-bond donors (Lipinski definition) is 0. The number of rotatable bonds is 2. The van der Waals surface area contributed by atoms with Crippen LogP contribution in [-0.2, 0) is 4.74 Å². The predicted molar refractivity (Wildman–Crippen MR) is 88.8 cm³/mol. The second kappa shape index (κ2) is 5.76. The fraction of sp³-hybridized carbons (Fsp3) is 0.0667. The van der Waals surface area contributed by atoms with E-state index in [-0.39, 0.29) is 5.56 Å². The van der Waals surface area contributed by atoms with Crippen molar-refractivity contribution in [2.45, 2.75) is 0 Å². The molecule has 7 heteroatoms. The summed E-state index contributed by atoms with van der Waals surface area (Å²) in [6.07, 6.45) is 1.46. The molecule has 0 radical (unpaired) electrons. The molecule has 22 heavy (non-hydrogen) atoms. The Hall–Kier alpha value is -1.82. The molecule has 0 amide bonds. The molecule has 2 aromatic heterocycles. The van der Waals surface area contributed by atoms with Crippen LogP contribution in [-0.4, -0.2) is 17.6 Å². The number of fused-ring (bicyclic) bond motifs is 1. The zero-order valence-electron chi connectivity index (χ0n) is 11.3. The summed E-state index contributed by atoms with van der Waals surface area (Å²) in [5.74, 6) is -0.683. The van der Waals surface area contributed by atoms with Gasteiger partial charge in [-0.25, -0.2) is 4.79 Å². The van der Waals surface area contributed by atoms with Gasteiger partial charge in [-0.15, -0.1) is 11.3 Å². The molecule has 0 aliphatic rings. The first kappa shape index (κ1) is 15.1. The molecular weight excluding hydrogens is 345 g/mol. The average molecular weight is 354 g/mol. The highest BCUT2D eigenvalue weighted by molar-refractivity contribution is 7.22. The van der Waals surface area contributed by atoms with E-state index >= 15 is 0 Å². The lowest BCUT2D eigenvalue weighted by Crippen LogP contribution is -2.18. The highest BCUT2D eigenvalue weighted by Gasteiger charge is 2.18. The molecule has 2 heterocycles. The molecular formula is C15H9Cl2NO3S. The van der Waals surface area contributed by atoms with Crippen LogP contribution in [0.15, 0.2) is 41.3 Å². The van der Waals surface area contributed by atoms with Crippen LogP contribution in [0.4, 0.5) is 0 Å². The molecule has 0 spiro atoms. The monoisotopic (exact) mass is 353 g/mol. The van der Waals surface area contributed by atoms with Gasteiger partial charge in [0.05, 0.1) is 16.8 Å². The predicted octanol–water partition coefficient (Wildman–Crippen LogP) is 4.15. The van der Waals surface area contributed by atoms with Crippen molar-refractivity contribution < 1.29 is 9.53 Å². The number of pyridine rings is 1. The Morgan fingerprint density at radius 3 is 2.55 bits per heavy atom. The van der Waals surface area contributed by atoms with E-state index in [0.29, 0.717) is 19.6 Å². The molecule has 0 unspecified atom stereocenters. The van der Waals surface area contributed by atoms with E-state index in [1.165, 1.54) is 24.6 Å². The maximum absolute atomic E-state index is 12.4. The molecule has 0 N–H and O–H groups in total. The van der Waals surface area contributed by atoms with Crippen LogP contribution in [0.5, 0.6) is 0 Å². The summed E-state index contributed by atoms with van der Waals surface area (Å²) in [5.41, 5.74) is 0.327. The Morgan fingerprint density at radius 2 is 1.91 bits per heavy atom. The summed E-state index contributed by atoms with van der Waals surface area (Å²) < 4.78 is 6.88. The zero-order chi connectivity index (χ0) is 15.9. The fourth-order valence-corrected chi connectivity index (χ4v) is 3.47. The normalized spacial score (nSPS) is 10.9. The maximum atomic E-state index is 12.4. The number of carbonyl (C=O) groups is 1. The van der Waals surface area contributed by atoms with Gasteiger partial charge in [0.2, 0.25) is 5.43 Å². The number of thiophene rings is 1. The summed E-state index contributed by atoms with van der Waals surface area (Å²) in [6, 6.07) is 8.60. The Morgan fingerprint density at radius 1 is 1.23 bits per heavy atom. The third-order valence-electron chi connectivity index (χ3n) is 3.16. The Bertz CT molecular complexity index is 928. The van der Waals surface area contributed by atoms with Crippen LogP contribution < -0.4 is 5.43 Å². The number of hydrogen-bond acceptors (Lipinski definition) is 4. The van der Waals surface area contributed by atoms with Gasteiger partial charge in [0.1, 0.15) is 10.4 Å². The number of aromatic nitrogens is 1. The van der Waals surface area contributed by atoms with E-state index in [9.17, 15) is 9.59 Å². The minimum absolute atomic E-state index is 0.0422. The van der Waals surface area contributed by atoms with Crippen molar-refractivity contribution in [3.05, 3.63) is 61.7 Å². The van der Waals surface area contributed by atoms with Crippen molar-refractivity contribution in [3.8, 4) is 5.69 Å². The number of methoxy groups -OCH3 is 1. The molecule has 0 fully saturated rings. The molecule has 4 nitrogen and oxygen atoms in total. The molecule has 0 aliphatic heterocycles. The molecule has 0 bridgehead atoms. The van der Waals surface area contributed by atoms with Crippen molar-refractivity contribution in [2.24, 2.45) is 0 Å². The maximum Gasteiger partial charge on any atom is 0.343 e. The lowest BCUT2D eigenvalue weighted by molar-refractivity contribution is 0.0599. The van der Waals surface area contributed by atoms with Crippen LogP contribution in [0.25, 0.3) is 15.9 Å². The molecule has 0 atom stereocenters. The minimum atomic E-state index is -0.683. The number of benzene rings is 1. The Kier molecular flexibility index (Phi) is 3.95. The van der Waals surface area contributed by atoms with Crippen LogP contribution in [0, 0.1) is 0 Å².